The molecule has 0 bridgehead atoms. The van der Waals surface area contributed by atoms with Gasteiger partial charge >= 0.3 is 5.69 Å². The molecule has 0 unspecified atom stereocenters. The molecule has 29 heavy (non-hydrogen) atoms. The molecule has 2 amide bonds. The minimum atomic E-state index is -0.426. The molecule has 3 rings (SSSR count). The van der Waals surface area contributed by atoms with Crippen LogP contribution in [0.25, 0.3) is 0 Å². The average Bonchev–Trinajstić information content (AvgIpc) is 3.38. The Morgan fingerprint density at radius 2 is 2.24 bits per heavy atom. The van der Waals surface area contributed by atoms with Gasteiger partial charge in [0.15, 0.2) is 0 Å². The molecule has 10 nitrogen and oxygen atoms in total. The first-order chi connectivity index (χ1) is 14.1. The molecule has 2 heterocycles. The minimum Gasteiger partial charge on any atom is -0.376 e. The van der Waals surface area contributed by atoms with Gasteiger partial charge in [-0.1, -0.05) is 6.92 Å². The van der Waals surface area contributed by atoms with Crippen molar-refractivity contribution in [2.24, 2.45) is 5.92 Å². The number of imidazole rings is 1. The first-order valence-electron chi connectivity index (χ1n) is 10.0. The van der Waals surface area contributed by atoms with E-state index in [1.54, 1.807) is 10.9 Å². The first kappa shape index (κ1) is 20.8. The third-order valence-corrected chi connectivity index (χ3v) is 5.05. The summed E-state index contributed by atoms with van der Waals surface area (Å²) < 4.78 is 7.71. The summed E-state index contributed by atoms with van der Waals surface area (Å²) >= 11 is 0. The van der Waals surface area contributed by atoms with Crippen LogP contribution in [0.3, 0.4) is 0 Å². The first-order valence-corrected chi connectivity index (χ1v) is 10.0. The van der Waals surface area contributed by atoms with Gasteiger partial charge < -0.3 is 25.3 Å². The molecule has 1 fully saturated rings. The SMILES string of the molecule is CCCO[C@@H]1C[C@@H](C(=O)NCCn2cccn2)CC[C@H]1NC(=O)c1c[nH]c(=O)[nH]1. The van der Waals surface area contributed by atoms with E-state index < -0.39 is 5.69 Å². The third kappa shape index (κ3) is 5.80. The van der Waals surface area contributed by atoms with E-state index in [-0.39, 0.29) is 35.6 Å². The summed E-state index contributed by atoms with van der Waals surface area (Å²) in [6.45, 7) is 3.71. The zero-order chi connectivity index (χ0) is 20.6. The lowest BCUT2D eigenvalue weighted by Crippen LogP contribution is -2.50. The van der Waals surface area contributed by atoms with Gasteiger partial charge in [-0.05, 0) is 31.7 Å². The fourth-order valence-corrected chi connectivity index (χ4v) is 3.56. The number of carbonyl (C=O) groups is 2. The van der Waals surface area contributed by atoms with Crippen molar-refractivity contribution in [1.82, 2.24) is 30.4 Å². The highest BCUT2D eigenvalue weighted by Crippen LogP contribution is 2.27. The number of hydrogen-bond donors (Lipinski definition) is 4. The van der Waals surface area contributed by atoms with Crippen LogP contribution >= 0.6 is 0 Å². The maximum Gasteiger partial charge on any atom is 0.323 e. The van der Waals surface area contributed by atoms with Gasteiger partial charge in [-0.2, -0.15) is 5.10 Å². The van der Waals surface area contributed by atoms with E-state index >= 15 is 0 Å². The Labute approximate surface area is 168 Å². The maximum absolute atomic E-state index is 12.6. The van der Waals surface area contributed by atoms with E-state index in [1.165, 1.54) is 6.20 Å². The van der Waals surface area contributed by atoms with Gasteiger partial charge in [0.1, 0.15) is 5.69 Å². The smallest absolute Gasteiger partial charge is 0.323 e. The van der Waals surface area contributed by atoms with Crippen molar-refractivity contribution in [2.75, 3.05) is 13.2 Å². The number of aromatic amines is 2. The molecule has 1 saturated carbocycles. The maximum atomic E-state index is 12.6. The number of rotatable bonds is 9. The van der Waals surface area contributed by atoms with Crippen molar-refractivity contribution in [1.29, 1.82) is 0 Å². The number of hydrogen-bond acceptors (Lipinski definition) is 5. The van der Waals surface area contributed by atoms with Gasteiger partial charge in [0.05, 0.1) is 18.7 Å². The third-order valence-electron chi connectivity index (χ3n) is 5.05. The van der Waals surface area contributed by atoms with Crippen LogP contribution in [-0.4, -0.2) is 56.9 Å². The quantitative estimate of drug-likeness (QED) is 0.480. The minimum absolute atomic E-state index is 0.00185. The lowest BCUT2D eigenvalue weighted by atomic mass is 9.83. The van der Waals surface area contributed by atoms with Gasteiger partial charge in [0.2, 0.25) is 5.91 Å². The summed E-state index contributed by atoms with van der Waals surface area (Å²) in [5, 5.41) is 10.0. The Morgan fingerprint density at radius 1 is 1.38 bits per heavy atom. The van der Waals surface area contributed by atoms with Crippen molar-refractivity contribution in [3.05, 3.63) is 40.8 Å². The molecule has 0 spiro atoms. The predicted octanol–water partition coefficient (Wildman–Crippen LogP) is 0.410. The number of amides is 2. The van der Waals surface area contributed by atoms with Gasteiger partial charge in [0.25, 0.3) is 5.91 Å². The van der Waals surface area contributed by atoms with E-state index in [0.717, 1.165) is 6.42 Å². The Morgan fingerprint density at radius 3 is 2.93 bits per heavy atom. The second kappa shape index (κ2) is 10.1. The lowest BCUT2D eigenvalue weighted by Gasteiger charge is -2.35. The van der Waals surface area contributed by atoms with Gasteiger partial charge in [0, 0.05) is 37.7 Å². The molecule has 0 aromatic carbocycles. The average molecular weight is 404 g/mol. The van der Waals surface area contributed by atoms with Crippen molar-refractivity contribution in [3.63, 3.8) is 0 Å². The van der Waals surface area contributed by atoms with E-state index in [0.29, 0.717) is 39.0 Å². The van der Waals surface area contributed by atoms with Gasteiger partial charge in [-0.25, -0.2) is 4.79 Å². The van der Waals surface area contributed by atoms with Crippen molar-refractivity contribution in [2.45, 2.75) is 51.3 Å². The Bertz CT molecular complexity index is 843. The number of nitrogens with zero attached hydrogens (tertiary/aromatic N) is 2. The fourth-order valence-electron chi connectivity index (χ4n) is 3.56. The van der Waals surface area contributed by atoms with Crippen LogP contribution in [0, 0.1) is 5.92 Å². The van der Waals surface area contributed by atoms with Crippen LogP contribution in [-0.2, 0) is 16.1 Å². The van der Waals surface area contributed by atoms with E-state index in [4.69, 9.17) is 4.74 Å². The number of H-pyrrole nitrogens is 2. The standard InChI is InChI=1S/C19H28N6O4/c1-2-10-29-16-11-13(17(26)20-7-9-25-8-3-6-22-25)4-5-14(16)23-18(27)15-12-21-19(28)24-15/h3,6,8,12-14,16H,2,4-5,7,9-11H2,1H3,(H,20,26)(H,23,27)(H2,21,24,28)/t13-,14+,16+/m0/s1. The largest absolute Gasteiger partial charge is 0.376 e. The molecule has 158 valence electrons. The molecule has 3 atom stereocenters. The molecular weight excluding hydrogens is 376 g/mol. The summed E-state index contributed by atoms with van der Waals surface area (Å²) in [6.07, 6.45) is 7.34. The van der Waals surface area contributed by atoms with Gasteiger partial charge in [-0.3, -0.25) is 14.3 Å². The highest BCUT2D eigenvalue weighted by Gasteiger charge is 2.35. The number of ether oxygens (including phenoxy) is 1. The van der Waals surface area contributed by atoms with Crippen molar-refractivity contribution < 1.29 is 14.3 Å². The second-order valence-electron chi connectivity index (χ2n) is 7.22. The summed E-state index contributed by atoms with van der Waals surface area (Å²) in [5.74, 6) is -0.516. The molecule has 0 aliphatic heterocycles. The molecular formula is C19H28N6O4. The fraction of sp³-hybridized carbons (Fsp3) is 0.579. The summed E-state index contributed by atoms with van der Waals surface area (Å²) in [5.41, 5.74) is -0.243. The zero-order valence-electron chi connectivity index (χ0n) is 16.5. The molecule has 2 aromatic rings. The lowest BCUT2D eigenvalue weighted by molar-refractivity contribution is -0.128. The highest BCUT2D eigenvalue weighted by atomic mass is 16.5. The Balaban J connectivity index is 1.53. The topological polar surface area (TPSA) is 134 Å². The van der Waals surface area contributed by atoms with Gasteiger partial charge in [-0.15, -0.1) is 0 Å². The summed E-state index contributed by atoms with van der Waals surface area (Å²) in [6, 6.07) is 1.64. The number of aromatic nitrogens is 4. The molecule has 10 heteroatoms. The van der Waals surface area contributed by atoms with Crippen LogP contribution in [0.4, 0.5) is 0 Å². The summed E-state index contributed by atoms with van der Waals surface area (Å²) in [4.78, 5) is 41.0. The Hall–Kier alpha value is -2.88. The number of carbonyl (C=O) groups excluding carboxylic acids is 2. The van der Waals surface area contributed by atoms with Crippen molar-refractivity contribution >= 4 is 11.8 Å². The molecule has 1 aliphatic rings. The van der Waals surface area contributed by atoms with Crippen LogP contribution < -0.4 is 16.3 Å². The summed E-state index contributed by atoms with van der Waals surface area (Å²) in [7, 11) is 0. The molecule has 1 aliphatic carbocycles. The van der Waals surface area contributed by atoms with Crippen LogP contribution in [0.2, 0.25) is 0 Å². The highest BCUT2D eigenvalue weighted by molar-refractivity contribution is 5.92. The monoisotopic (exact) mass is 404 g/mol. The van der Waals surface area contributed by atoms with E-state index in [2.05, 4.69) is 25.7 Å². The molecule has 0 radical (unpaired) electrons. The predicted molar refractivity (Wildman–Crippen MR) is 105 cm³/mol. The van der Waals surface area contributed by atoms with E-state index in [1.807, 2.05) is 19.2 Å². The van der Waals surface area contributed by atoms with Crippen LogP contribution in [0.15, 0.2) is 29.5 Å². The van der Waals surface area contributed by atoms with E-state index in [9.17, 15) is 14.4 Å². The molecule has 0 saturated heterocycles. The molecule has 2 aromatic heterocycles. The number of nitrogens with one attached hydrogen (secondary N) is 4. The second-order valence-corrected chi connectivity index (χ2v) is 7.22. The normalized spacial score (nSPS) is 21.6. The zero-order valence-corrected chi connectivity index (χ0v) is 16.5. The van der Waals surface area contributed by atoms with Crippen LogP contribution in [0.5, 0.6) is 0 Å². The van der Waals surface area contributed by atoms with Crippen molar-refractivity contribution in [3.8, 4) is 0 Å². The van der Waals surface area contributed by atoms with Crippen LogP contribution in [0.1, 0.15) is 43.1 Å². The Kier molecular flexibility index (Phi) is 7.23. The molecule has 4 N–H and O–H groups in total.